The van der Waals surface area contributed by atoms with Crippen molar-refractivity contribution in [1.29, 1.82) is 0 Å². The van der Waals surface area contributed by atoms with Crippen molar-refractivity contribution in [2.75, 3.05) is 26.4 Å². The van der Waals surface area contributed by atoms with Crippen molar-refractivity contribution in [3.8, 4) is 0 Å². The molecular weight excluding hydrogens is 1170 g/mol. The number of carbonyl (C=O) groups excluding carboxylic acids is 1. The molecular formula is C72H137NO18. The maximum Gasteiger partial charge on any atom is 0.220 e. The average molecular weight is 1300 g/mol. The molecule has 3 aliphatic rings. The number of amides is 1. The summed E-state index contributed by atoms with van der Waals surface area (Å²) in [5, 5.41) is 121. The Balaban J connectivity index is 1.34. The van der Waals surface area contributed by atoms with E-state index in [1.165, 1.54) is 212 Å². The van der Waals surface area contributed by atoms with Crippen LogP contribution in [0.3, 0.4) is 0 Å². The summed E-state index contributed by atoms with van der Waals surface area (Å²) in [4.78, 5) is 13.4. The van der Waals surface area contributed by atoms with E-state index in [4.69, 9.17) is 28.4 Å². The van der Waals surface area contributed by atoms with Crippen LogP contribution in [0.5, 0.6) is 0 Å². The average Bonchev–Trinajstić information content (AvgIpc) is 0.877. The molecule has 0 saturated carbocycles. The number of unbranched alkanes of at least 4 members (excludes halogenated alkanes) is 41. The van der Waals surface area contributed by atoms with Crippen molar-refractivity contribution >= 4 is 5.91 Å². The van der Waals surface area contributed by atoms with E-state index in [1.807, 2.05) is 0 Å². The van der Waals surface area contributed by atoms with E-state index in [2.05, 4.69) is 31.3 Å². The molecule has 19 heteroatoms. The highest BCUT2D eigenvalue weighted by Gasteiger charge is 2.53. The fourth-order valence-electron chi connectivity index (χ4n) is 13.0. The summed E-state index contributed by atoms with van der Waals surface area (Å²) in [5.74, 6) is -0.248. The third-order valence-corrected chi connectivity index (χ3v) is 19.1. The molecule has 3 heterocycles. The Kier molecular flexibility index (Phi) is 50.2. The zero-order valence-corrected chi connectivity index (χ0v) is 57.1. The summed E-state index contributed by atoms with van der Waals surface area (Å²) >= 11 is 0. The number of allylic oxidation sites excluding steroid dienone is 2. The van der Waals surface area contributed by atoms with E-state index in [0.29, 0.717) is 12.8 Å². The highest BCUT2D eigenvalue weighted by atomic mass is 16.8. The molecule has 3 saturated heterocycles. The maximum atomic E-state index is 13.4. The van der Waals surface area contributed by atoms with Gasteiger partial charge in [-0.3, -0.25) is 4.79 Å². The first-order valence-corrected chi connectivity index (χ1v) is 37.4. The van der Waals surface area contributed by atoms with Gasteiger partial charge in [0.25, 0.3) is 0 Å². The third kappa shape index (κ3) is 36.1. The van der Waals surface area contributed by atoms with E-state index in [-0.39, 0.29) is 18.9 Å². The summed E-state index contributed by atoms with van der Waals surface area (Å²) in [5.41, 5.74) is 0. The van der Waals surface area contributed by atoms with E-state index >= 15 is 0 Å². The first kappa shape index (κ1) is 83.8. The van der Waals surface area contributed by atoms with Gasteiger partial charge in [0.15, 0.2) is 18.9 Å². The number of hydrogen-bond donors (Lipinski definition) is 12. The third-order valence-electron chi connectivity index (χ3n) is 19.1. The minimum atomic E-state index is -1.97. The van der Waals surface area contributed by atoms with Crippen molar-refractivity contribution in [1.82, 2.24) is 5.32 Å². The van der Waals surface area contributed by atoms with Gasteiger partial charge in [-0.05, 0) is 38.5 Å². The van der Waals surface area contributed by atoms with Gasteiger partial charge in [0, 0.05) is 6.42 Å². The van der Waals surface area contributed by atoms with Gasteiger partial charge < -0.3 is 89.9 Å². The first-order chi connectivity index (χ1) is 44.3. The largest absolute Gasteiger partial charge is 0.394 e. The van der Waals surface area contributed by atoms with Crippen LogP contribution in [0.4, 0.5) is 0 Å². The monoisotopic (exact) mass is 1300 g/mol. The Morgan fingerprint density at radius 2 is 0.692 bits per heavy atom. The van der Waals surface area contributed by atoms with Gasteiger partial charge in [0.1, 0.15) is 73.2 Å². The molecule has 0 spiro atoms. The van der Waals surface area contributed by atoms with E-state index in [1.54, 1.807) is 0 Å². The number of ether oxygens (including phenoxy) is 6. The fraction of sp³-hybridized carbons (Fsp3) is 0.958. The van der Waals surface area contributed by atoms with E-state index in [0.717, 1.165) is 64.2 Å². The zero-order chi connectivity index (χ0) is 66.1. The lowest BCUT2D eigenvalue weighted by atomic mass is 9.96. The Labute approximate surface area is 550 Å². The second-order valence-electron chi connectivity index (χ2n) is 27.1. The maximum absolute atomic E-state index is 13.4. The smallest absolute Gasteiger partial charge is 0.220 e. The minimum Gasteiger partial charge on any atom is -0.394 e. The summed E-state index contributed by atoms with van der Waals surface area (Å²) in [6.45, 7) is 1.81. The summed E-state index contributed by atoms with van der Waals surface area (Å²) in [6, 6.07) is -0.889. The molecule has 17 unspecified atom stereocenters. The van der Waals surface area contributed by atoms with E-state index < -0.39 is 124 Å². The second-order valence-corrected chi connectivity index (χ2v) is 27.1. The molecule has 0 aromatic heterocycles. The van der Waals surface area contributed by atoms with Crippen LogP contribution >= 0.6 is 0 Å². The molecule has 1 amide bonds. The number of aliphatic hydroxyl groups is 11. The van der Waals surface area contributed by atoms with Crippen molar-refractivity contribution in [3.63, 3.8) is 0 Å². The Hall–Kier alpha value is -1.47. The van der Waals surface area contributed by atoms with Crippen LogP contribution in [0.1, 0.15) is 309 Å². The van der Waals surface area contributed by atoms with Crippen molar-refractivity contribution in [3.05, 3.63) is 12.2 Å². The molecule has 0 aromatic rings. The number of carbonyl (C=O) groups is 1. The zero-order valence-electron chi connectivity index (χ0n) is 57.1. The van der Waals surface area contributed by atoms with Gasteiger partial charge in [-0.25, -0.2) is 0 Å². The molecule has 0 radical (unpaired) electrons. The molecule has 3 aliphatic heterocycles. The highest BCUT2D eigenvalue weighted by Crippen LogP contribution is 2.33. The Bertz CT molecular complexity index is 1700. The van der Waals surface area contributed by atoms with Crippen LogP contribution in [0, 0.1) is 0 Å². The number of rotatable bonds is 59. The second kappa shape index (κ2) is 54.5. The molecule has 91 heavy (non-hydrogen) atoms. The first-order valence-electron chi connectivity index (χ1n) is 37.4. The number of nitrogens with one attached hydrogen (secondary N) is 1. The fourth-order valence-corrected chi connectivity index (χ4v) is 13.0. The predicted octanol–water partition coefficient (Wildman–Crippen LogP) is 10.8. The van der Waals surface area contributed by atoms with E-state index in [9.17, 15) is 61.0 Å². The Morgan fingerprint density at radius 3 is 1.08 bits per heavy atom. The summed E-state index contributed by atoms with van der Waals surface area (Å²) < 4.78 is 34.4. The highest BCUT2D eigenvalue weighted by molar-refractivity contribution is 5.76. The Morgan fingerprint density at radius 1 is 0.385 bits per heavy atom. The minimum absolute atomic E-state index is 0.248. The molecule has 12 N–H and O–H groups in total. The van der Waals surface area contributed by atoms with Crippen LogP contribution < -0.4 is 5.32 Å². The van der Waals surface area contributed by atoms with Crippen LogP contribution in [-0.2, 0) is 33.2 Å². The van der Waals surface area contributed by atoms with Crippen LogP contribution in [-0.4, -0.2) is 193 Å². The molecule has 19 nitrogen and oxygen atoms in total. The quantitative estimate of drug-likeness (QED) is 0.0199. The molecule has 3 fully saturated rings. The molecule has 0 aliphatic carbocycles. The van der Waals surface area contributed by atoms with Crippen molar-refractivity contribution in [2.24, 2.45) is 0 Å². The molecule has 538 valence electrons. The van der Waals surface area contributed by atoms with Gasteiger partial charge in [0.2, 0.25) is 5.91 Å². The van der Waals surface area contributed by atoms with Crippen LogP contribution in [0.25, 0.3) is 0 Å². The summed E-state index contributed by atoms with van der Waals surface area (Å²) in [6.07, 6.45) is 34.7. The van der Waals surface area contributed by atoms with Gasteiger partial charge in [-0.1, -0.05) is 276 Å². The number of hydrogen-bond acceptors (Lipinski definition) is 18. The normalized spacial score (nSPS) is 27.9. The lowest BCUT2D eigenvalue weighted by molar-refractivity contribution is -0.379. The van der Waals surface area contributed by atoms with Crippen molar-refractivity contribution < 1.29 is 89.4 Å². The van der Waals surface area contributed by atoms with Crippen LogP contribution in [0.15, 0.2) is 12.2 Å². The molecule has 3 rings (SSSR count). The van der Waals surface area contributed by atoms with Crippen molar-refractivity contribution in [2.45, 2.75) is 413 Å². The molecule has 0 bridgehead atoms. The van der Waals surface area contributed by atoms with Gasteiger partial charge in [-0.15, -0.1) is 0 Å². The summed E-state index contributed by atoms with van der Waals surface area (Å²) in [7, 11) is 0. The SMILES string of the molecule is CCCCCC/C=C\CCCCCCCC(=O)NC(COC1OC(CO)C(OC2OC(CO)C(OC3OC(CO)C(O)C(O)C3O)C(O)C2O)C(O)C1O)C(O)CCCCCCCCCCCCCCCCCCCCCCCCCCCCCCCCCCC. The lowest BCUT2D eigenvalue weighted by Gasteiger charge is -2.48. The van der Waals surface area contributed by atoms with Gasteiger partial charge >= 0.3 is 0 Å². The predicted molar refractivity (Wildman–Crippen MR) is 356 cm³/mol. The molecule has 0 aromatic carbocycles. The molecule has 17 atom stereocenters. The number of aliphatic hydroxyl groups excluding tert-OH is 11. The lowest BCUT2D eigenvalue weighted by Crippen LogP contribution is -2.66. The van der Waals surface area contributed by atoms with Crippen LogP contribution in [0.2, 0.25) is 0 Å². The van der Waals surface area contributed by atoms with Gasteiger partial charge in [-0.2, -0.15) is 0 Å². The topological polar surface area (TPSA) is 307 Å². The standard InChI is InChI=1S/C72H137NO18/c1-3-5-7-9-11-13-15-17-18-19-20-21-22-23-24-25-26-27-28-29-30-31-32-33-34-35-36-38-39-41-43-45-47-49-56(77)55(73-60(78)50-48-46-44-42-40-37-16-14-12-10-8-6-4-2)54-86-70-66(84)63(81)68(58(52-75)88-70)91-72-67(85)64(82)69(59(53-76)89-72)90-71-65(83)62(80)61(79)57(51-74)87-71/h14,16,55-59,61-72,74-77,79-85H,3-13,15,17-54H2,1-2H3,(H,73,78)/b16-14-. The van der Waals surface area contributed by atoms with Gasteiger partial charge in [0.05, 0.1) is 38.6 Å².